The van der Waals surface area contributed by atoms with Crippen LogP contribution in [0.15, 0.2) is 35.3 Å². The predicted octanol–water partition coefficient (Wildman–Crippen LogP) is 3.51. The molecule has 0 aliphatic carbocycles. The third-order valence-corrected chi connectivity index (χ3v) is 8.14. The SMILES string of the molecule is Cc1cc2c(s1)=Nc1ccccc1N(C(=O)OC(C)OC(=O)C(S)C(C)(C)C)C=2N1CCN(C)CC1. The van der Waals surface area contributed by atoms with E-state index in [4.69, 9.17) is 14.5 Å². The fourth-order valence-corrected chi connectivity index (χ4v) is 5.10. The molecule has 0 saturated carbocycles. The van der Waals surface area contributed by atoms with Crippen molar-refractivity contribution in [3.05, 3.63) is 45.1 Å². The van der Waals surface area contributed by atoms with Crippen LogP contribution in [0.1, 0.15) is 32.6 Å². The molecule has 3 heterocycles. The minimum Gasteiger partial charge on any atom is -0.425 e. The van der Waals surface area contributed by atoms with Gasteiger partial charge in [-0.25, -0.2) is 14.7 Å². The molecule has 1 aromatic heterocycles. The number of piperazine rings is 1. The van der Waals surface area contributed by atoms with Gasteiger partial charge in [0.05, 0.1) is 16.6 Å². The van der Waals surface area contributed by atoms with Gasteiger partial charge in [-0.2, -0.15) is 12.6 Å². The number of likely N-dealkylation sites (N-methyl/N-ethyl adjacent to an activating group) is 1. The van der Waals surface area contributed by atoms with E-state index in [-0.39, 0.29) is 0 Å². The van der Waals surface area contributed by atoms with E-state index in [1.54, 1.807) is 23.2 Å². The van der Waals surface area contributed by atoms with E-state index in [0.717, 1.165) is 46.8 Å². The Morgan fingerprint density at radius 2 is 1.78 bits per heavy atom. The maximum absolute atomic E-state index is 13.8. The highest BCUT2D eigenvalue weighted by molar-refractivity contribution is 7.81. The summed E-state index contributed by atoms with van der Waals surface area (Å²) in [6, 6.07) is 9.59. The lowest BCUT2D eigenvalue weighted by atomic mass is 9.92. The maximum atomic E-state index is 13.8. The van der Waals surface area contributed by atoms with Gasteiger partial charge in [-0.3, -0.25) is 4.79 Å². The van der Waals surface area contributed by atoms with Crippen molar-refractivity contribution in [3.8, 4) is 0 Å². The molecule has 0 radical (unpaired) electrons. The zero-order chi connectivity index (χ0) is 26.2. The van der Waals surface area contributed by atoms with Crippen LogP contribution in [0.2, 0.25) is 0 Å². The highest BCUT2D eigenvalue weighted by atomic mass is 32.1. The van der Waals surface area contributed by atoms with Crippen LogP contribution in [-0.2, 0) is 14.3 Å². The standard InChI is InChI=1S/C26H34N4O4S2/c1-16-15-18-22(36-16)27-19-9-7-8-10-20(19)30(23(18)29-13-11-28(6)12-14-29)25(32)34-17(2)33-24(31)21(35)26(3,4)5/h7-10,15,17,21,35H,11-14H2,1-6H3. The van der Waals surface area contributed by atoms with Crippen LogP contribution >= 0.6 is 24.0 Å². The Bertz CT molecular complexity index is 1260. The summed E-state index contributed by atoms with van der Waals surface area (Å²) in [5.74, 6) is 0.206. The fraction of sp³-hybridized carbons (Fsp3) is 0.500. The minimum atomic E-state index is -1.09. The third kappa shape index (κ3) is 5.55. The van der Waals surface area contributed by atoms with Crippen molar-refractivity contribution in [2.75, 3.05) is 38.1 Å². The van der Waals surface area contributed by atoms with Crippen LogP contribution in [0.5, 0.6) is 0 Å². The number of benzene rings is 1. The molecule has 2 atom stereocenters. The lowest BCUT2D eigenvalue weighted by molar-refractivity contribution is -0.165. The summed E-state index contributed by atoms with van der Waals surface area (Å²) in [6.45, 7) is 12.5. The number of carbonyl (C=O) groups is 2. The number of anilines is 1. The molecule has 2 unspecified atom stereocenters. The van der Waals surface area contributed by atoms with E-state index in [9.17, 15) is 9.59 Å². The van der Waals surface area contributed by atoms with E-state index in [1.165, 1.54) is 0 Å². The second-order valence-corrected chi connectivity index (χ2v) is 12.0. The lowest BCUT2D eigenvalue weighted by Gasteiger charge is -2.39. The molecule has 1 fully saturated rings. The van der Waals surface area contributed by atoms with Crippen LogP contribution in [0, 0.1) is 12.3 Å². The van der Waals surface area contributed by atoms with E-state index < -0.39 is 29.0 Å². The molecular weight excluding hydrogens is 496 g/mol. The zero-order valence-electron chi connectivity index (χ0n) is 21.6. The summed E-state index contributed by atoms with van der Waals surface area (Å²) < 4.78 is 12.0. The quantitative estimate of drug-likeness (QED) is 0.371. The lowest BCUT2D eigenvalue weighted by Crippen LogP contribution is -2.51. The number of amides is 1. The van der Waals surface area contributed by atoms with Gasteiger partial charge in [-0.05, 0) is 37.6 Å². The van der Waals surface area contributed by atoms with E-state index in [1.807, 2.05) is 52.0 Å². The number of hydrogen-bond donors (Lipinski definition) is 1. The summed E-state index contributed by atoms with van der Waals surface area (Å²) in [5.41, 5.74) is 0.900. The van der Waals surface area contributed by atoms with Crippen molar-refractivity contribution >= 4 is 53.2 Å². The molecule has 4 rings (SSSR count). The first-order chi connectivity index (χ1) is 17.0. The van der Waals surface area contributed by atoms with Crippen LogP contribution in [0.25, 0.3) is 5.82 Å². The van der Waals surface area contributed by atoms with Gasteiger partial charge in [-0.15, -0.1) is 11.3 Å². The highest BCUT2D eigenvalue weighted by Crippen LogP contribution is 2.34. The van der Waals surface area contributed by atoms with Crippen LogP contribution in [0.3, 0.4) is 0 Å². The summed E-state index contributed by atoms with van der Waals surface area (Å²) >= 11 is 5.99. The topological polar surface area (TPSA) is 74.7 Å². The molecule has 0 bridgehead atoms. The maximum Gasteiger partial charge on any atom is 0.423 e. The Labute approximate surface area is 221 Å². The highest BCUT2D eigenvalue weighted by Gasteiger charge is 2.35. The molecule has 1 amide bonds. The zero-order valence-corrected chi connectivity index (χ0v) is 23.4. The molecular formula is C26H34N4O4S2. The first kappa shape index (κ1) is 26.5. The van der Waals surface area contributed by atoms with E-state index in [0.29, 0.717) is 11.4 Å². The van der Waals surface area contributed by atoms with Crippen molar-refractivity contribution in [2.45, 2.75) is 46.2 Å². The minimum absolute atomic E-state index is 0.398. The molecule has 2 aliphatic rings. The normalized spacial score (nSPS) is 17.9. The van der Waals surface area contributed by atoms with Crippen LogP contribution in [-0.4, -0.2) is 66.6 Å². The van der Waals surface area contributed by atoms with Crippen molar-refractivity contribution < 1.29 is 19.1 Å². The number of nitrogens with zero attached hydrogens (tertiary/aromatic N) is 4. The second-order valence-electron chi connectivity index (χ2n) is 10.3. The summed E-state index contributed by atoms with van der Waals surface area (Å²) in [5, 5.41) is 0.239. The second kappa shape index (κ2) is 10.4. The van der Waals surface area contributed by atoms with Gasteiger partial charge in [0.25, 0.3) is 0 Å². The number of hydrogen-bond acceptors (Lipinski definition) is 9. The average Bonchev–Trinajstić information content (AvgIpc) is 3.10. The number of carbonyl (C=O) groups excluding carboxylic acids is 2. The molecule has 1 aromatic carbocycles. The number of thiol groups is 1. The molecule has 10 heteroatoms. The smallest absolute Gasteiger partial charge is 0.423 e. The molecule has 194 valence electrons. The Balaban J connectivity index is 1.73. The fourth-order valence-electron chi connectivity index (χ4n) is 4.15. The molecule has 2 aromatic rings. The molecule has 0 spiro atoms. The first-order valence-electron chi connectivity index (χ1n) is 12.1. The number of thiophene rings is 1. The number of rotatable bonds is 4. The first-order valence-corrected chi connectivity index (χ1v) is 13.4. The van der Waals surface area contributed by atoms with Crippen molar-refractivity contribution in [3.63, 3.8) is 0 Å². The van der Waals surface area contributed by atoms with Crippen LogP contribution < -0.4 is 14.8 Å². The van der Waals surface area contributed by atoms with Crippen molar-refractivity contribution in [1.29, 1.82) is 0 Å². The van der Waals surface area contributed by atoms with E-state index in [2.05, 4.69) is 35.5 Å². The summed E-state index contributed by atoms with van der Waals surface area (Å²) in [6.07, 6.45) is -1.72. The average molecular weight is 531 g/mol. The number of aryl methyl sites for hydroxylation is 1. The van der Waals surface area contributed by atoms with Crippen molar-refractivity contribution in [1.82, 2.24) is 9.80 Å². The van der Waals surface area contributed by atoms with Gasteiger partial charge in [0.15, 0.2) is 0 Å². The summed E-state index contributed by atoms with van der Waals surface area (Å²) in [4.78, 5) is 38.5. The van der Waals surface area contributed by atoms with Gasteiger partial charge in [-0.1, -0.05) is 32.9 Å². The summed E-state index contributed by atoms with van der Waals surface area (Å²) in [7, 11) is 2.09. The predicted molar refractivity (Wildman–Crippen MR) is 145 cm³/mol. The monoisotopic (exact) mass is 530 g/mol. The molecule has 2 aliphatic heterocycles. The van der Waals surface area contributed by atoms with E-state index >= 15 is 0 Å². The Morgan fingerprint density at radius 1 is 1.11 bits per heavy atom. The molecule has 1 saturated heterocycles. The van der Waals surface area contributed by atoms with Gasteiger partial charge in [0.1, 0.15) is 15.7 Å². The largest absolute Gasteiger partial charge is 0.425 e. The Morgan fingerprint density at radius 3 is 2.44 bits per heavy atom. The van der Waals surface area contributed by atoms with Gasteiger partial charge < -0.3 is 19.3 Å². The Kier molecular flexibility index (Phi) is 7.68. The van der Waals surface area contributed by atoms with Gasteiger partial charge >= 0.3 is 12.1 Å². The molecule has 0 N–H and O–H groups in total. The van der Waals surface area contributed by atoms with Gasteiger partial charge in [0.2, 0.25) is 6.29 Å². The van der Waals surface area contributed by atoms with Gasteiger partial charge in [0, 0.05) is 38.0 Å². The number of para-hydroxylation sites is 2. The number of fused-ring (bicyclic) bond motifs is 2. The third-order valence-electron chi connectivity index (χ3n) is 6.21. The van der Waals surface area contributed by atoms with Crippen LogP contribution in [0.4, 0.5) is 16.2 Å². The van der Waals surface area contributed by atoms with Crippen molar-refractivity contribution in [2.24, 2.45) is 10.4 Å². The molecule has 36 heavy (non-hydrogen) atoms. The number of esters is 1. The Hall–Kier alpha value is -2.56. The number of ether oxygens (including phenoxy) is 2. The molecule has 8 nitrogen and oxygen atoms in total.